The predicted octanol–water partition coefficient (Wildman–Crippen LogP) is 4.34. The van der Waals surface area contributed by atoms with Crippen molar-refractivity contribution >= 4 is 44.3 Å². The standard InChI is InChI=1S/C14H15BrIN3O/c1-3-6-17-14-11(16)8-18-13(19-14)10-7-9(15)4-5-12(10)20-2/h4-5,7-8H,3,6H2,1-2H3,(H,17,18,19). The summed E-state index contributed by atoms with van der Waals surface area (Å²) < 4.78 is 7.36. The summed E-state index contributed by atoms with van der Waals surface area (Å²) in [6.07, 6.45) is 2.87. The summed E-state index contributed by atoms with van der Waals surface area (Å²) in [5, 5.41) is 3.31. The van der Waals surface area contributed by atoms with E-state index < -0.39 is 0 Å². The van der Waals surface area contributed by atoms with Crippen LogP contribution in [0.25, 0.3) is 11.4 Å². The largest absolute Gasteiger partial charge is 0.496 e. The zero-order valence-electron chi connectivity index (χ0n) is 11.3. The van der Waals surface area contributed by atoms with Crippen LogP contribution in [0.15, 0.2) is 28.9 Å². The van der Waals surface area contributed by atoms with Gasteiger partial charge in [0.25, 0.3) is 0 Å². The van der Waals surface area contributed by atoms with E-state index in [4.69, 9.17) is 4.74 Å². The molecule has 106 valence electrons. The highest BCUT2D eigenvalue weighted by Gasteiger charge is 2.12. The first-order valence-electron chi connectivity index (χ1n) is 6.26. The first kappa shape index (κ1) is 15.5. The Morgan fingerprint density at radius 1 is 1.40 bits per heavy atom. The third kappa shape index (κ3) is 3.60. The predicted molar refractivity (Wildman–Crippen MR) is 93.2 cm³/mol. The van der Waals surface area contributed by atoms with Gasteiger partial charge in [-0.05, 0) is 47.2 Å². The molecule has 0 atom stereocenters. The molecule has 0 bridgehead atoms. The molecule has 1 aromatic carbocycles. The van der Waals surface area contributed by atoms with Crippen LogP contribution in [-0.4, -0.2) is 23.6 Å². The van der Waals surface area contributed by atoms with E-state index >= 15 is 0 Å². The van der Waals surface area contributed by atoms with Crippen LogP contribution in [0.1, 0.15) is 13.3 Å². The van der Waals surface area contributed by atoms with Gasteiger partial charge in [0.15, 0.2) is 5.82 Å². The van der Waals surface area contributed by atoms with Gasteiger partial charge in [-0.15, -0.1) is 0 Å². The SMILES string of the molecule is CCCNc1nc(-c2cc(Br)ccc2OC)ncc1I. The molecule has 20 heavy (non-hydrogen) atoms. The van der Waals surface area contributed by atoms with Gasteiger partial charge in [-0.25, -0.2) is 9.97 Å². The molecule has 0 saturated heterocycles. The van der Waals surface area contributed by atoms with Gasteiger partial charge in [-0.2, -0.15) is 0 Å². The van der Waals surface area contributed by atoms with Gasteiger partial charge in [0.05, 0.1) is 16.2 Å². The monoisotopic (exact) mass is 447 g/mol. The van der Waals surface area contributed by atoms with Crippen molar-refractivity contribution in [3.63, 3.8) is 0 Å². The van der Waals surface area contributed by atoms with Crippen molar-refractivity contribution in [1.29, 1.82) is 0 Å². The average molecular weight is 448 g/mol. The van der Waals surface area contributed by atoms with Gasteiger partial charge in [-0.1, -0.05) is 22.9 Å². The fraction of sp³-hybridized carbons (Fsp3) is 0.286. The van der Waals surface area contributed by atoms with Crippen LogP contribution in [0.4, 0.5) is 5.82 Å². The van der Waals surface area contributed by atoms with Gasteiger partial charge >= 0.3 is 0 Å². The molecule has 2 aromatic rings. The molecule has 0 saturated carbocycles. The number of nitrogens with one attached hydrogen (secondary N) is 1. The molecule has 0 unspecified atom stereocenters. The topological polar surface area (TPSA) is 47.0 Å². The highest BCUT2D eigenvalue weighted by Crippen LogP contribution is 2.31. The number of methoxy groups -OCH3 is 1. The van der Waals surface area contributed by atoms with E-state index in [0.717, 1.165) is 38.1 Å². The zero-order valence-corrected chi connectivity index (χ0v) is 15.0. The summed E-state index contributed by atoms with van der Waals surface area (Å²) in [4.78, 5) is 9.01. The maximum atomic E-state index is 5.38. The maximum absolute atomic E-state index is 5.38. The zero-order chi connectivity index (χ0) is 14.5. The summed E-state index contributed by atoms with van der Waals surface area (Å²) in [6, 6.07) is 5.80. The fourth-order valence-electron chi connectivity index (χ4n) is 1.72. The molecule has 1 N–H and O–H groups in total. The fourth-order valence-corrected chi connectivity index (χ4v) is 2.53. The lowest BCUT2D eigenvalue weighted by Gasteiger charge is -2.11. The van der Waals surface area contributed by atoms with E-state index in [2.05, 4.69) is 60.7 Å². The van der Waals surface area contributed by atoms with Crippen molar-refractivity contribution in [3.05, 3.63) is 32.4 Å². The molecule has 0 aliphatic heterocycles. The second-order valence-electron chi connectivity index (χ2n) is 4.16. The van der Waals surface area contributed by atoms with Crippen molar-refractivity contribution in [2.75, 3.05) is 19.0 Å². The molecule has 2 rings (SSSR count). The van der Waals surface area contributed by atoms with Gasteiger partial charge in [0.1, 0.15) is 11.6 Å². The minimum absolute atomic E-state index is 0.655. The highest BCUT2D eigenvalue weighted by atomic mass is 127. The van der Waals surface area contributed by atoms with Crippen LogP contribution in [0.3, 0.4) is 0 Å². The van der Waals surface area contributed by atoms with E-state index in [1.807, 2.05) is 24.4 Å². The Balaban J connectivity index is 2.44. The maximum Gasteiger partial charge on any atom is 0.165 e. The molecular formula is C14H15BrIN3O. The molecule has 0 fully saturated rings. The number of benzene rings is 1. The van der Waals surface area contributed by atoms with E-state index in [-0.39, 0.29) is 0 Å². The van der Waals surface area contributed by atoms with Gasteiger partial charge < -0.3 is 10.1 Å². The Hall–Kier alpha value is -0.890. The molecule has 0 radical (unpaired) electrons. The molecule has 1 aromatic heterocycles. The summed E-state index contributed by atoms with van der Waals surface area (Å²) >= 11 is 5.70. The van der Waals surface area contributed by atoms with Crippen LogP contribution < -0.4 is 10.1 Å². The lowest BCUT2D eigenvalue weighted by molar-refractivity contribution is 0.416. The Kier molecular flexibility index (Phi) is 5.59. The molecule has 1 heterocycles. The number of anilines is 1. The quantitative estimate of drug-likeness (QED) is 0.692. The van der Waals surface area contributed by atoms with Crippen molar-refractivity contribution in [1.82, 2.24) is 9.97 Å². The summed E-state index contributed by atoms with van der Waals surface area (Å²) in [6.45, 7) is 3.02. The molecule has 0 amide bonds. The van der Waals surface area contributed by atoms with Crippen molar-refractivity contribution in [2.45, 2.75) is 13.3 Å². The summed E-state index contributed by atoms with van der Waals surface area (Å²) in [5.41, 5.74) is 0.873. The summed E-state index contributed by atoms with van der Waals surface area (Å²) in [5.74, 6) is 2.28. The Morgan fingerprint density at radius 3 is 2.90 bits per heavy atom. The van der Waals surface area contributed by atoms with Crippen LogP contribution in [-0.2, 0) is 0 Å². The van der Waals surface area contributed by atoms with Gasteiger partial charge in [-0.3, -0.25) is 0 Å². The van der Waals surface area contributed by atoms with Gasteiger partial charge in [0.2, 0.25) is 0 Å². The first-order valence-corrected chi connectivity index (χ1v) is 8.13. The number of ether oxygens (including phenoxy) is 1. The second kappa shape index (κ2) is 7.21. The number of rotatable bonds is 5. The van der Waals surface area contributed by atoms with Crippen molar-refractivity contribution < 1.29 is 4.74 Å². The Bertz CT molecular complexity index is 607. The minimum atomic E-state index is 0.655. The number of hydrogen-bond acceptors (Lipinski definition) is 4. The van der Waals surface area contributed by atoms with Crippen LogP contribution >= 0.6 is 38.5 Å². The minimum Gasteiger partial charge on any atom is -0.496 e. The van der Waals surface area contributed by atoms with Crippen LogP contribution in [0.2, 0.25) is 0 Å². The Morgan fingerprint density at radius 2 is 2.20 bits per heavy atom. The molecule has 0 aliphatic carbocycles. The molecule has 0 aliphatic rings. The molecule has 0 spiro atoms. The molecule has 6 heteroatoms. The average Bonchev–Trinajstić information content (AvgIpc) is 2.46. The number of halogens is 2. The normalized spacial score (nSPS) is 10.4. The van der Waals surface area contributed by atoms with Crippen molar-refractivity contribution in [2.24, 2.45) is 0 Å². The van der Waals surface area contributed by atoms with E-state index in [1.54, 1.807) is 7.11 Å². The number of hydrogen-bond donors (Lipinski definition) is 1. The van der Waals surface area contributed by atoms with E-state index in [0.29, 0.717) is 5.82 Å². The van der Waals surface area contributed by atoms with E-state index in [9.17, 15) is 0 Å². The smallest absolute Gasteiger partial charge is 0.165 e. The third-order valence-corrected chi connectivity index (χ3v) is 3.97. The summed E-state index contributed by atoms with van der Waals surface area (Å²) in [7, 11) is 1.65. The van der Waals surface area contributed by atoms with Crippen LogP contribution in [0, 0.1) is 3.57 Å². The second-order valence-corrected chi connectivity index (χ2v) is 6.24. The van der Waals surface area contributed by atoms with E-state index in [1.165, 1.54) is 0 Å². The molecular weight excluding hydrogens is 433 g/mol. The third-order valence-electron chi connectivity index (χ3n) is 2.69. The lowest BCUT2D eigenvalue weighted by Crippen LogP contribution is -2.06. The number of nitrogens with zero attached hydrogens (tertiary/aromatic N) is 2. The number of aromatic nitrogens is 2. The Labute approximate surface area is 140 Å². The van der Waals surface area contributed by atoms with Crippen molar-refractivity contribution in [3.8, 4) is 17.1 Å². The lowest BCUT2D eigenvalue weighted by atomic mass is 10.2. The highest BCUT2D eigenvalue weighted by molar-refractivity contribution is 14.1. The molecule has 4 nitrogen and oxygen atoms in total. The first-order chi connectivity index (χ1) is 9.65. The van der Waals surface area contributed by atoms with Crippen LogP contribution in [0.5, 0.6) is 5.75 Å². The van der Waals surface area contributed by atoms with Gasteiger partial charge in [0, 0.05) is 17.2 Å².